The van der Waals surface area contributed by atoms with Crippen molar-refractivity contribution in [2.75, 3.05) is 13.7 Å². The van der Waals surface area contributed by atoms with Gasteiger partial charge in [-0.05, 0) is 18.2 Å². The van der Waals surface area contributed by atoms with Crippen molar-refractivity contribution >= 4 is 27.8 Å². The summed E-state index contributed by atoms with van der Waals surface area (Å²) in [4.78, 5) is 22.6. The van der Waals surface area contributed by atoms with Crippen LogP contribution in [0.2, 0.25) is 0 Å². The lowest BCUT2D eigenvalue weighted by molar-refractivity contribution is -0.140. The van der Waals surface area contributed by atoms with E-state index in [4.69, 9.17) is 5.11 Å². The van der Waals surface area contributed by atoms with Crippen LogP contribution in [0.3, 0.4) is 0 Å². The van der Waals surface area contributed by atoms with E-state index in [0.717, 1.165) is 0 Å². The first-order valence-corrected chi connectivity index (χ1v) is 5.76. The van der Waals surface area contributed by atoms with Crippen LogP contribution in [-0.2, 0) is 9.53 Å². The fourth-order valence-electron chi connectivity index (χ4n) is 1.27. The number of carboxylic acid groups (broad SMARTS) is 1. The Morgan fingerprint density at radius 3 is 2.72 bits per heavy atom. The molecule has 7 heteroatoms. The minimum atomic E-state index is -1.21. The summed E-state index contributed by atoms with van der Waals surface area (Å²) in [7, 11) is 1.33. The van der Waals surface area contributed by atoms with Crippen molar-refractivity contribution in [3.05, 3.63) is 28.2 Å². The van der Waals surface area contributed by atoms with Crippen molar-refractivity contribution in [3.8, 4) is 5.75 Å². The second-order valence-electron chi connectivity index (χ2n) is 3.48. The average molecular weight is 318 g/mol. The molecule has 0 saturated carbocycles. The second kappa shape index (κ2) is 6.36. The quantitative estimate of drug-likeness (QED) is 0.752. The number of phenolic OH excluding ortho intramolecular Hbond substituents is 1. The van der Waals surface area contributed by atoms with Gasteiger partial charge in [0.15, 0.2) is 6.04 Å². The minimum Gasteiger partial charge on any atom is -0.507 e. The van der Waals surface area contributed by atoms with E-state index in [2.05, 4.69) is 26.0 Å². The third-order valence-electron chi connectivity index (χ3n) is 2.14. The molecule has 1 atom stereocenters. The van der Waals surface area contributed by atoms with Crippen LogP contribution >= 0.6 is 15.9 Å². The Morgan fingerprint density at radius 2 is 2.17 bits per heavy atom. The van der Waals surface area contributed by atoms with E-state index in [1.165, 1.54) is 19.2 Å². The Morgan fingerprint density at radius 1 is 1.50 bits per heavy atom. The summed E-state index contributed by atoms with van der Waals surface area (Å²) in [6.07, 6.45) is 0. The predicted octanol–water partition coefficient (Wildman–Crippen LogP) is 0.984. The summed E-state index contributed by atoms with van der Waals surface area (Å²) in [5, 5.41) is 20.6. The van der Waals surface area contributed by atoms with Gasteiger partial charge in [0.1, 0.15) is 5.75 Å². The topological polar surface area (TPSA) is 95.9 Å². The molecule has 0 fully saturated rings. The number of aromatic hydroxyl groups is 1. The van der Waals surface area contributed by atoms with Crippen molar-refractivity contribution in [1.29, 1.82) is 0 Å². The number of hydrogen-bond donors (Lipinski definition) is 3. The monoisotopic (exact) mass is 317 g/mol. The average Bonchev–Trinajstić information content (AvgIpc) is 2.31. The highest BCUT2D eigenvalue weighted by Crippen LogP contribution is 2.21. The van der Waals surface area contributed by atoms with Crippen LogP contribution in [0.1, 0.15) is 10.4 Å². The van der Waals surface area contributed by atoms with Crippen molar-refractivity contribution in [2.45, 2.75) is 6.04 Å². The largest absolute Gasteiger partial charge is 0.507 e. The lowest BCUT2D eigenvalue weighted by Gasteiger charge is -2.14. The van der Waals surface area contributed by atoms with Crippen LogP contribution in [-0.4, -0.2) is 41.8 Å². The molecular weight excluding hydrogens is 306 g/mol. The fraction of sp³-hybridized carbons (Fsp3) is 0.273. The van der Waals surface area contributed by atoms with Crippen molar-refractivity contribution < 1.29 is 24.5 Å². The summed E-state index contributed by atoms with van der Waals surface area (Å²) in [5.41, 5.74) is -0.00766. The molecule has 0 aliphatic carbocycles. The maximum atomic E-state index is 11.8. The molecule has 0 radical (unpaired) electrons. The normalized spacial score (nSPS) is 11.9. The number of benzene rings is 1. The zero-order valence-corrected chi connectivity index (χ0v) is 11.1. The molecule has 3 N–H and O–H groups in total. The Hall–Kier alpha value is -1.60. The van der Waals surface area contributed by atoms with Gasteiger partial charge in [-0.2, -0.15) is 0 Å². The smallest absolute Gasteiger partial charge is 0.328 e. The van der Waals surface area contributed by atoms with Crippen LogP contribution in [0.15, 0.2) is 22.7 Å². The van der Waals surface area contributed by atoms with Gasteiger partial charge in [-0.3, -0.25) is 4.79 Å². The van der Waals surface area contributed by atoms with Gasteiger partial charge < -0.3 is 20.3 Å². The van der Waals surface area contributed by atoms with E-state index < -0.39 is 17.9 Å². The van der Waals surface area contributed by atoms with Gasteiger partial charge in [0, 0.05) is 11.6 Å². The molecule has 1 unspecified atom stereocenters. The van der Waals surface area contributed by atoms with Crippen LogP contribution in [0.25, 0.3) is 0 Å². The summed E-state index contributed by atoms with van der Waals surface area (Å²) >= 11 is 3.16. The van der Waals surface area contributed by atoms with Gasteiger partial charge in [0.2, 0.25) is 0 Å². The van der Waals surface area contributed by atoms with Gasteiger partial charge in [-0.25, -0.2) is 4.79 Å². The van der Waals surface area contributed by atoms with Crippen LogP contribution in [0.5, 0.6) is 5.75 Å². The molecular formula is C11H12BrNO5. The number of hydrogen-bond acceptors (Lipinski definition) is 4. The molecule has 1 aromatic carbocycles. The number of carbonyl (C=O) groups excluding carboxylic acids is 1. The standard InChI is InChI=1S/C11H12BrNO5/c1-18-5-8(11(16)17)13-10(15)7-4-6(12)2-3-9(7)14/h2-4,8,14H,5H2,1H3,(H,13,15)(H,16,17). The molecule has 18 heavy (non-hydrogen) atoms. The van der Waals surface area contributed by atoms with Crippen molar-refractivity contribution in [3.63, 3.8) is 0 Å². The zero-order valence-electron chi connectivity index (χ0n) is 9.51. The highest BCUT2D eigenvalue weighted by Gasteiger charge is 2.22. The number of phenols is 1. The summed E-state index contributed by atoms with van der Waals surface area (Å²) in [6.45, 7) is -0.157. The Labute approximate surface area is 112 Å². The molecule has 0 aliphatic heterocycles. The Kier molecular flexibility index (Phi) is 5.11. The van der Waals surface area contributed by atoms with Gasteiger partial charge in [0.05, 0.1) is 12.2 Å². The molecule has 0 aromatic heterocycles. The van der Waals surface area contributed by atoms with Crippen LogP contribution < -0.4 is 5.32 Å². The SMILES string of the molecule is COCC(NC(=O)c1cc(Br)ccc1O)C(=O)O. The minimum absolute atomic E-state index is 0.00766. The number of methoxy groups -OCH3 is 1. The maximum Gasteiger partial charge on any atom is 0.328 e. The second-order valence-corrected chi connectivity index (χ2v) is 4.40. The predicted molar refractivity (Wildman–Crippen MR) is 66.6 cm³/mol. The number of carboxylic acids is 1. The molecule has 0 aliphatic rings. The lowest BCUT2D eigenvalue weighted by Crippen LogP contribution is -2.43. The number of nitrogens with one attached hydrogen (secondary N) is 1. The van der Waals surface area contributed by atoms with Crippen LogP contribution in [0, 0.1) is 0 Å². The number of carbonyl (C=O) groups is 2. The molecule has 6 nitrogen and oxygen atoms in total. The van der Waals surface area contributed by atoms with E-state index in [-0.39, 0.29) is 17.9 Å². The van der Waals surface area contributed by atoms with Gasteiger partial charge in [-0.1, -0.05) is 15.9 Å². The van der Waals surface area contributed by atoms with Gasteiger partial charge >= 0.3 is 5.97 Å². The van der Waals surface area contributed by atoms with Gasteiger partial charge in [-0.15, -0.1) is 0 Å². The molecule has 1 rings (SSSR count). The third-order valence-corrected chi connectivity index (χ3v) is 2.63. The molecule has 0 heterocycles. The van der Waals surface area contributed by atoms with E-state index in [1.807, 2.05) is 0 Å². The number of rotatable bonds is 5. The molecule has 0 bridgehead atoms. The molecule has 0 spiro atoms. The van der Waals surface area contributed by atoms with E-state index >= 15 is 0 Å². The Bertz CT molecular complexity index is 463. The molecule has 1 aromatic rings. The highest BCUT2D eigenvalue weighted by molar-refractivity contribution is 9.10. The highest BCUT2D eigenvalue weighted by atomic mass is 79.9. The first kappa shape index (κ1) is 14.5. The van der Waals surface area contributed by atoms with E-state index in [9.17, 15) is 14.7 Å². The summed E-state index contributed by atoms with van der Waals surface area (Å²) < 4.78 is 5.29. The first-order valence-electron chi connectivity index (χ1n) is 4.96. The molecule has 1 amide bonds. The Balaban J connectivity index is 2.86. The van der Waals surface area contributed by atoms with Gasteiger partial charge in [0.25, 0.3) is 5.91 Å². The zero-order chi connectivity index (χ0) is 13.7. The number of aliphatic carboxylic acids is 1. The summed E-state index contributed by atoms with van der Waals surface area (Å²) in [5.74, 6) is -2.12. The van der Waals surface area contributed by atoms with E-state index in [1.54, 1.807) is 6.07 Å². The van der Waals surface area contributed by atoms with E-state index in [0.29, 0.717) is 4.47 Å². The lowest BCUT2D eigenvalue weighted by atomic mass is 10.1. The number of ether oxygens (including phenoxy) is 1. The third kappa shape index (κ3) is 3.71. The maximum absolute atomic E-state index is 11.8. The van der Waals surface area contributed by atoms with Crippen LogP contribution in [0.4, 0.5) is 0 Å². The number of halogens is 1. The first-order chi connectivity index (χ1) is 8.45. The fourth-order valence-corrected chi connectivity index (χ4v) is 1.63. The molecule has 98 valence electrons. The summed E-state index contributed by atoms with van der Waals surface area (Å²) in [6, 6.07) is 3.14. The molecule has 0 saturated heterocycles. The number of amides is 1. The van der Waals surface area contributed by atoms with Crippen molar-refractivity contribution in [2.24, 2.45) is 0 Å². The van der Waals surface area contributed by atoms with Crippen molar-refractivity contribution in [1.82, 2.24) is 5.32 Å².